The fourth-order valence-electron chi connectivity index (χ4n) is 2.34. The molecule has 0 saturated carbocycles. The van der Waals surface area contributed by atoms with Crippen molar-refractivity contribution in [3.05, 3.63) is 41.5 Å². The molecule has 6 heteroatoms. The molecule has 5 nitrogen and oxygen atoms in total. The lowest BCUT2D eigenvalue weighted by Crippen LogP contribution is -2.44. The first-order valence-electron chi connectivity index (χ1n) is 7.15. The lowest BCUT2D eigenvalue weighted by atomic mass is 10.2. The highest BCUT2D eigenvalue weighted by Gasteiger charge is 2.25. The molecule has 2 heterocycles. The molecule has 112 valence electrons. The van der Waals surface area contributed by atoms with E-state index in [0.29, 0.717) is 11.6 Å². The normalized spacial score (nSPS) is 19.8. The summed E-state index contributed by atoms with van der Waals surface area (Å²) < 4.78 is 5.38. The Labute approximate surface area is 129 Å². The van der Waals surface area contributed by atoms with Crippen LogP contribution in [-0.4, -0.2) is 41.7 Å². The zero-order chi connectivity index (χ0) is 14.7. The van der Waals surface area contributed by atoms with Crippen LogP contribution < -0.4 is 5.32 Å². The van der Waals surface area contributed by atoms with Gasteiger partial charge in [0.2, 0.25) is 5.89 Å². The van der Waals surface area contributed by atoms with E-state index >= 15 is 0 Å². The SMILES string of the molecule is Cc1ccc(SCc2nc(C3CNCCN3C)no2)cc1. The minimum absolute atomic E-state index is 0.209. The third kappa shape index (κ3) is 3.64. The summed E-state index contributed by atoms with van der Waals surface area (Å²) in [4.78, 5) is 8.02. The van der Waals surface area contributed by atoms with E-state index in [-0.39, 0.29) is 6.04 Å². The first-order valence-corrected chi connectivity index (χ1v) is 8.14. The van der Waals surface area contributed by atoms with E-state index in [4.69, 9.17) is 4.52 Å². The van der Waals surface area contributed by atoms with E-state index in [1.807, 2.05) is 0 Å². The van der Waals surface area contributed by atoms with Crippen molar-refractivity contribution in [2.24, 2.45) is 0 Å². The molecule has 1 aromatic carbocycles. The number of rotatable bonds is 4. The minimum Gasteiger partial charge on any atom is -0.338 e. The van der Waals surface area contributed by atoms with Crippen LogP contribution in [0.25, 0.3) is 0 Å². The summed E-state index contributed by atoms with van der Waals surface area (Å²) in [7, 11) is 2.10. The maximum absolute atomic E-state index is 5.38. The maximum atomic E-state index is 5.38. The monoisotopic (exact) mass is 304 g/mol. The van der Waals surface area contributed by atoms with Crippen molar-refractivity contribution in [2.45, 2.75) is 23.6 Å². The topological polar surface area (TPSA) is 54.2 Å². The van der Waals surface area contributed by atoms with Crippen LogP contribution in [0.2, 0.25) is 0 Å². The van der Waals surface area contributed by atoms with E-state index in [1.165, 1.54) is 10.5 Å². The smallest absolute Gasteiger partial charge is 0.237 e. The third-order valence-electron chi connectivity index (χ3n) is 3.68. The van der Waals surface area contributed by atoms with Crippen LogP contribution in [-0.2, 0) is 5.75 Å². The van der Waals surface area contributed by atoms with Gasteiger partial charge < -0.3 is 9.84 Å². The Morgan fingerprint density at radius 3 is 2.95 bits per heavy atom. The molecule has 3 rings (SSSR count). The summed E-state index contributed by atoms with van der Waals surface area (Å²) in [6, 6.07) is 8.68. The van der Waals surface area contributed by atoms with Gasteiger partial charge in [0.25, 0.3) is 0 Å². The van der Waals surface area contributed by atoms with Crippen molar-refractivity contribution >= 4 is 11.8 Å². The van der Waals surface area contributed by atoms with Gasteiger partial charge >= 0.3 is 0 Å². The summed E-state index contributed by atoms with van der Waals surface area (Å²) >= 11 is 1.72. The number of aryl methyl sites for hydroxylation is 1. The number of aromatic nitrogens is 2. The average Bonchev–Trinajstić information content (AvgIpc) is 2.96. The van der Waals surface area contributed by atoms with Gasteiger partial charge in [-0.2, -0.15) is 4.98 Å². The largest absolute Gasteiger partial charge is 0.338 e. The van der Waals surface area contributed by atoms with Gasteiger partial charge in [0.1, 0.15) is 0 Å². The van der Waals surface area contributed by atoms with Crippen LogP contribution in [0.5, 0.6) is 0 Å². The van der Waals surface area contributed by atoms with E-state index in [2.05, 4.69) is 58.6 Å². The highest BCUT2D eigenvalue weighted by Crippen LogP contribution is 2.24. The Balaban J connectivity index is 1.61. The van der Waals surface area contributed by atoms with Crippen LogP contribution in [0.15, 0.2) is 33.7 Å². The van der Waals surface area contributed by atoms with Crippen LogP contribution in [0.1, 0.15) is 23.3 Å². The molecule has 1 N–H and O–H groups in total. The number of benzene rings is 1. The molecule has 1 aliphatic rings. The van der Waals surface area contributed by atoms with E-state index in [1.54, 1.807) is 11.8 Å². The Kier molecular flexibility index (Phi) is 4.57. The molecule has 1 aromatic heterocycles. The number of piperazine rings is 1. The van der Waals surface area contributed by atoms with E-state index in [0.717, 1.165) is 25.5 Å². The quantitative estimate of drug-likeness (QED) is 0.874. The number of hydrogen-bond donors (Lipinski definition) is 1. The third-order valence-corrected chi connectivity index (χ3v) is 4.67. The standard InChI is InChI=1S/C15H20N4OS/c1-11-3-5-12(6-4-11)21-10-14-17-15(18-20-14)13-9-16-7-8-19(13)2/h3-6,13,16H,7-10H2,1-2H3. The molecule has 0 amide bonds. The molecule has 2 aromatic rings. The predicted molar refractivity (Wildman–Crippen MR) is 83.3 cm³/mol. The second kappa shape index (κ2) is 6.60. The molecule has 0 spiro atoms. The Morgan fingerprint density at radius 2 is 2.19 bits per heavy atom. The number of nitrogens with one attached hydrogen (secondary N) is 1. The second-order valence-electron chi connectivity index (χ2n) is 5.35. The highest BCUT2D eigenvalue weighted by atomic mass is 32.2. The van der Waals surface area contributed by atoms with Crippen molar-refractivity contribution in [1.29, 1.82) is 0 Å². The lowest BCUT2D eigenvalue weighted by molar-refractivity contribution is 0.190. The van der Waals surface area contributed by atoms with Crippen molar-refractivity contribution in [3.63, 3.8) is 0 Å². The van der Waals surface area contributed by atoms with Crippen molar-refractivity contribution < 1.29 is 4.52 Å². The van der Waals surface area contributed by atoms with Gasteiger partial charge in [0, 0.05) is 24.5 Å². The van der Waals surface area contributed by atoms with Crippen LogP contribution in [0.3, 0.4) is 0 Å². The Hall–Kier alpha value is -1.37. The fourth-order valence-corrected chi connectivity index (χ4v) is 3.07. The summed E-state index contributed by atoms with van der Waals surface area (Å²) in [5, 5.41) is 7.50. The Bertz CT molecular complexity index is 584. The number of nitrogens with zero attached hydrogens (tertiary/aromatic N) is 3. The van der Waals surface area contributed by atoms with Gasteiger partial charge in [-0.1, -0.05) is 22.9 Å². The summed E-state index contributed by atoms with van der Waals surface area (Å²) in [5.74, 6) is 2.18. The molecule has 0 radical (unpaired) electrons. The lowest BCUT2D eigenvalue weighted by Gasteiger charge is -2.30. The van der Waals surface area contributed by atoms with Gasteiger partial charge in [-0.25, -0.2) is 0 Å². The van der Waals surface area contributed by atoms with E-state index < -0.39 is 0 Å². The zero-order valence-corrected chi connectivity index (χ0v) is 13.2. The molecule has 0 bridgehead atoms. The van der Waals surface area contributed by atoms with Gasteiger partial charge in [0.15, 0.2) is 5.82 Å². The van der Waals surface area contributed by atoms with Crippen LogP contribution in [0.4, 0.5) is 0 Å². The van der Waals surface area contributed by atoms with Gasteiger partial charge in [-0.3, -0.25) is 4.90 Å². The maximum Gasteiger partial charge on any atom is 0.237 e. The average molecular weight is 304 g/mol. The highest BCUT2D eigenvalue weighted by molar-refractivity contribution is 7.98. The van der Waals surface area contributed by atoms with Crippen molar-refractivity contribution in [2.75, 3.05) is 26.7 Å². The molecule has 1 saturated heterocycles. The van der Waals surface area contributed by atoms with Crippen molar-refractivity contribution in [3.8, 4) is 0 Å². The number of likely N-dealkylation sites (N-methyl/N-ethyl adjacent to an activating group) is 1. The first kappa shape index (κ1) is 14.6. The summed E-state index contributed by atoms with van der Waals surface area (Å²) in [5.41, 5.74) is 1.27. The number of hydrogen-bond acceptors (Lipinski definition) is 6. The molecule has 1 unspecified atom stereocenters. The summed E-state index contributed by atoms with van der Waals surface area (Å²) in [6.45, 7) is 4.99. The summed E-state index contributed by atoms with van der Waals surface area (Å²) in [6.07, 6.45) is 0. The van der Waals surface area contributed by atoms with Gasteiger partial charge in [-0.05, 0) is 26.1 Å². The molecule has 21 heavy (non-hydrogen) atoms. The predicted octanol–water partition coefficient (Wildman–Crippen LogP) is 2.25. The zero-order valence-electron chi connectivity index (χ0n) is 12.4. The molecular weight excluding hydrogens is 284 g/mol. The van der Waals surface area contributed by atoms with Crippen LogP contribution in [0, 0.1) is 6.92 Å². The molecule has 0 aliphatic carbocycles. The molecule has 1 atom stereocenters. The van der Waals surface area contributed by atoms with Gasteiger partial charge in [-0.15, -0.1) is 11.8 Å². The number of thioether (sulfide) groups is 1. The fraction of sp³-hybridized carbons (Fsp3) is 0.467. The Morgan fingerprint density at radius 1 is 1.38 bits per heavy atom. The minimum atomic E-state index is 0.209. The molecule has 1 aliphatic heterocycles. The second-order valence-corrected chi connectivity index (χ2v) is 6.40. The first-order chi connectivity index (χ1) is 10.2. The molecule has 1 fully saturated rings. The van der Waals surface area contributed by atoms with Crippen LogP contribution >= 0.6 is 11.8 Å². The van der Waals surface area contributed by atoms with Gasteiger partial charge in [0.05, 0.1) is 11.8 Å². The molecular formula is C15H20N4OS. The van der Waals surface area contributed by atoms with E-state index in [9.17, 15) is 0 Å². The van der Waals surface area contributed by atoms with Crippen molar-refractivity contribution in [1.82, 2.24) is 20.4 Å².